The van der Waals surface area contributed by atoms with Crippen LogP contribution in [0.4, 0.5) is 0 Å². The standard InChI is InChI=1S/C9H12ClN3OS/c1-6-2-7(10)5-13(4-6)9(14)8-3-11-12-15-8/h3,6-7H,2,4-5H2,1H3. The molecule has 6 heteroatoms. The molecule has 1 aliphatic rings. The van der Waals surface area contributed by atoms with Crippen molar-refractivity contribution in [3.8, 4) is 0 Å². The summed E-state index contributed by atoms with van der Waals surface area (Å²) in [6.45, 7) is 3.52. The van der Waals surface area contributed by atoms with E-state index < -0.39 is 0 Å². The van der Waals surface area contributed by atoms with E-state index in [9.17, 15) is 4.79 Å². The molecule has 2 unspecified atom stereocenters. The molecule has 1 aliphatic heterocycles. The lowest BCUT2D eigenvalue weighted by Crippen LogP contribution is -2.43. The van der Waals surface area contributed by atoms with Gasteiger partial charge in [0.25, 0.3) is 5.91 Å². The quantitative estimate of drug-likeness (QED) is 0.707. The number of hydrogen-bond acceptors (Lipinski definition) is 4. The molecule has 0 radical (unpaired) electrons. The number of likely N-dealkylation sites (tertiary alicyclic amines) is 1. The third-order valence-corrected chi connectivity index (χ3v) is 3.44. The highest BCUT2D eigenvalue weighted by Gasteiger charge is 2.27. The molecule has 0 spiro atoms. The van der Waals surface area contributed by atoms with E-state index in [4.69, 9.17) is 11.6 Å². The van der Waals surface area contributed by atoms with Crippen LogP contribution >= 0.6 is 23.1 Å². The van der Waals surface area contributed by atoms with E-state index in [0.29, 0.717) is 17.3 Å². The Bertz CT molecular complexity index is 333. The summed E-state index contributed by atoms with van der Waals surface area (Å²) in [5, 5.41) is 3.73. The van der Waals surface area contributed by atoms with Crippen molar-refractivity contribution < 1.29 is 4.79 Å². The monoisotopic (exact) mass is 245 g/mol. The lowest BCUT2D eigenvalue weighted by atomic mass is 10.00. The molecular weight excluding hydrogens is 234 g/mol. The molecule has 0 saturated carbocycles. The van der Waals surface area contributed by atoms with Gasteiger partial charge in [0.15, 0.2) is 0 Å². The van der Waals surface area contributed by atoms with Gasteiger partial charge in [-0.05, 0) is 23.9 Å². The van der Waals surface area contributed by atoms with Gasteiger partial charge in [-0.1, -0.05) is 11.4 Å². The Morgan fingerprint density at radius 2 is 2.47 bits per heavy atom. The molecule has 15 heavy (non-hydrogen) atoms. The largest absolute Gasteiger partial charge is 0.336 e. The van der Waals surface area contributed by atoms with Crippen LogP contribution in [0, 0.1) is 5.92 Å². The maximum Gasteiger partial charge on any atom is 0.267 e. The minimum absolute atomic E-state index is 0.00204. The Morgan fingerprint density at radius 1 is 1.67 bits per heavy atom. The summed E-state index contributed by atoms with van der Waals surface area (Å²) in [6.07, 6.45) is 2.49. The van der Waals surface area contributed by atoms with E-state index in [1.54, 1.807) is 4.90 Å². The van der Waals surface area contributed by atoms with Crippen LogP contribution in [0.25, 0.3) is 0 Å². The Morgan fingerprint density at radius 3 is 3.07 bits per heavy atom. The number of aromatic nitrogens is 2. The zero-order valence-electron chi connectivity index (χ0n) is 8.39. The first-order valence-electron chi connectivity index (χ1n) is 4.87. The van der Waals surface area contributed by atoms with Gasteiger partial charge in [0.05, 0.1) is 11.6 Å². The van der Waals surface area contributed by atoms with Crippen LogP contribution in [0.5, 0.6) is 0 Å². The fourth-order valence-corrected chi connectivity index (χ4v) is 2.81. The van der Waals surface area contributed by atoms with E-state index in [1.165, 1.54) is 6.20 Å². The number of halogens is 1. The maximum absolute atomic E-state index is 11.9. The second-order valence-electron chi connectivity index (χ2n) is 3.93. The van der Waals surface area contributed by atoms with Crippen LogP contribution in [0.15, 0.2) is 6.20 Å². The third kappa shape index (κ3) is 2.46. The number of carbonyl (C=O) groups excluding carboxylic acids is 1. The van der Waals surface area contributed by atoms with Gasteiger partial charge in [0, 0.05) is 13.1 Å². The number of piperidine rings is 1. The van der Waals surface area contributed by atoms with Gasteiger partial charge in [-0.15, -0.1) is 16.7 Å². The minimum Gasteiger partial charge on any atom is -0.336 e. The van der Waals surface area contributed by atoms with Gasteiger partial charge in [0.1, 0.15) is 4.88 Å². The first kappa shape index (κ1) is 10.8. The highest BCUT2D eigenvalue weighted by Crippen LogP contribution is 2.22. The van der Waals surface area contributed by atoms with Crippen LogP contribution in [0.3, 0.4) is 0 Å². The van der Waals surface area contributed by atoms with Crippen LogP contribution in [0.1, 0.15) is 23.0 Å². The highest BCUT2D eigenvalue weighted by molar-refractivity contribution is 7.07. The first-order chi connectivity index (χ1) is 7.16. The van der Waals surface area contributed by atoms with Crippen molar-refractivity contribution in [3.63, 3.8) is 0 Å². The minimum atomic E-state index is 0.00204. The molecule has 0 aromatic carbocycles. The SMILES string of the molecule is CC1CC(Cl)CN(C(=O)c2cnns2)C1. The summed E-state index contributed by atoms with van der Waals surface area (Å²) in [7, 11) is 0. The molecule has 0 aliphatic carbocycles. The summed E-state index contributed by atoms with van der Waals surface area (Å²) in [5.74, 6) is 0.466. The van der Waals surface area contributed by atoms with E-state index >= 15 is 0 Å². The number of nitrogens with zero attached hydrogens (tertiary/aromatic N) is 3. The van der Waals surface area contributed by atoms with Crippen molar-refractivity contribution in [3.05, 3.63) is 11.1 Å². The lowest BCUT2D eigenvalue weighted by Gasteiger charge is -2.33. The van der Waals surface area contributed by atoms with E-state index in [-0.39, 0.29) is 11.3 Å². The molecule has 2 atom stereocenters. The van der Waals surface area contributed by atoms with Crippen molar-refractivity contribution in [2.24, 2.45) is 5.92 Å². The average Bonchev–Trinajstić information content (AvgIpc) is 2.67. The Hall–Kier alpha value is -0.680. The molecule has 82 valence electrons. The van der Waals surface area contributed by atoms with Gasteiger partial charge in [-0.3, -0.25) is 4.79 Å². The van der Waals surface area contributed by atoms with E-state index in [0.717, 1.165) is 24.5 Å². The van der Waals surface area contributed by atoms with E-state index in [2.05, 4.69) is 16.5 Å². The van der Waals surface area contributed by atoms with Gasteiger partial charge in [0.2, 0.25) is 0 Å². The molecule has 1 saturated heterocycles. The number of hydrogen-bond donors (Lipinski definition) is 0. The Labute approximate surface area is 97.4 Å². The fraction of sp³-hybridized carbons (Fsp3) is 0.667. The number of rotatable bonds is 1. The van der Waals surface area contributed by atoms with Gasteiger partial charge >= 0.3 is 0 Å². The Kier molecular flexibility index (Phi) is 3.21. The topological polar surface area (TPSA) is 46.1 Å². The van der Waals surface area contributed by atoms with Crippen LogP contribution < -0.4 is 0 Å². The predicted octanol–water partition coefficient (Wildman–Crippen LogP) is 1.63. The predicted molar refractivity (Wildman–Crippen MR) is 59.2 cm³/mol. The van der Waals surface area contributed by atoms with Gasteiger partial charge < -0.3 is 4.90 Å². The van der Waals surface area contributed by atoms with Crippen molar-refractivity contribution in [2.75, 3.05) is 13.1 Å². The molecule has 1 fully saturated rings. The fourth-order valence-electron chi connectivity index (χ4n) is 1.86. The summed E-state index contributed by atoms with van der Waals surface area (Å²) in [5.41, 5.74) is 0. The summed E-state index contributed by atoms with van der Waals surface area (Å²) in [6, 6.07) is 0. The van der Waals surface area contributed by atoms with Crippen molar-refractivity contribution in [2.45, 2.75) is 18.7 Å². The number of carbonyl (C=O) groups is 1. The van der Waals surface area contributed by atoms with Crippen molar-refractivity contribution >= 4 is 29.0 Å². The van der Waals surface area contributed by atoms with Crippen LogP contribution in [0.2, 0.25) is 0 Å². The average molecular weight is 246 g/mol. The molecule has 2 heterocycles. The molecule has 0 N–H and O–H groups in total. The number of amides is 1. The normalized spacial score (nSPS) is 26.7. The summed E-state index contributed by atoms with van der Waals surface area (Å²) >= 11 is 7.22. The summed E-state index contributed by atoms with van der Waals surface area (Å²) in [4.78, 5) is 14.3. The van der Waals surface area contributed by atoms with Crippen molar-refractivity contribution in [1.82, 2.24) is 14.5 Å². The molecule has 1 aromatic heterocycles. The molecule has 1 amide bonds. The lowest BCUT2D eigenvalue weighted by molar-refractivity contribution is 0.0691. The van der Waals surface area contributed by atoms with Gasteiger partial charge in [-0.2, -0.15) is 0 Å². The molecule has 2 rings (SSSR count). The third-order valence-electron chi connectivity index (χ3n) is 2.47. The zero-order chi connectivity index (χ0) is 10.8. The smallest absolute Gasteiger partial charge is 0.267 e. The first-order valence-corrected chi connectivity index (χ1v) is 6.08. The molecule has 4 nitrogen and oxygen atoms in total. The maximum atomic E-state index is 11.9. The second kappa shape index (κ2) is 4.45. The zero-order valence-corrected chi connectivity index (χ0v) is 9.96. The second-order valence-corrected chi connectivity index (χ2v) is 5.33. The van der Waals surface area contributed by atoms with E-state index in [1.807, 2.05) is 0 Å². The molecule has 0 bridgehead atoms. The van der Waals surface area contributed by atoms with Crippen LogP contribution in [-0.4, -0.2) is 38.9 Å². The molecule has 1 aromatic rings. The Balaban J connectivity index is 2.07. The van der Waals surface area contributed by atoms with Crippen LogP contribution in [-0.2, 0) is 0 Å². The van der Waals surface area contributed by atoms with Gasteiger partial charge in [-0.25, -0.2) is 0 Å². The number of alkyl halides is 1. The van der Waals surface area contributed by atoms with Crippen molar-refractivity contribution in [1.29, 1.82) is 0 Å². The molecular formula is C9H12ClN3OS. The highest BCUT2D eigenvalue weighted by atomic mass is 35.5. The summed E-state index contributed by atoms with van der Waals surface area (Å²) < 4.78 is 3.69.